The van der Waals surface area contributed by atoms with E-state index in [4.69, 9.17) is 10.5 Å². The summed E-state index contributed by atoms with van der Waals surface area (Å²) in [5.74, 6) is -0.0166. The average molecular weight is 354 g/mol. The summed E-state index contributed by atoms with van der Waals surface area (Å²) in [5.41, 5.74) is 4.94. The first-order chi connectivity index (χ1) is 11.0. The van der Waals surface area contributed by atoms with E-state index in [1.807, 2.05) is 19.1 Å². The zero-order valence-corrected chi connectivity index (χ0v) is 13.6. The lowest BCUT2D eigenvalue weighted by Gasteiger charge is -2.18. The van der Waals surface area contributed by atoms with Crippen molar-refractivity contribution in [2.45, 2.75) is 29.9 Å². The minimum atomic E-state index is -0.644. The molecule has 0 spiro atoms. The molecule has 0 amide bonds. The molecule has 0 bridgehead atoms. The van der Waals surface area contributed by atoms with Gasteiger partial charge in [-0.1, -0.05) is 23.5 Å². The Morgan fingerprint density at radius 2 is 2.22 bits per heavy atom. The van der Waals surface area contributed by atoms with Crippen LogP contribution < -0.4 is 16.2 Å². The Kier molecular flexibility index (Phi) is 3.38. The molecule has 0 aromatic carbocycles. The Morgan fingerprint density at radius 1 is 1.48 bits per heavy atom. The number of hydrogen-bond acceptors (Lipinski definition) is 8. The molecule has 8 nitrogen and oxygen atoms in total. The molecule has 1 saturated heterocycles. The molecule has 2 unspecified atom stereocenters. The summed E-state index contributed by atoms with van der Waals surface area (Å²) in [4.78, 5) is 30.4. The number of aliphatic hydroxyl groups excluding tert-OH is 1. The molecular formula is C13H14N4O4S2. The number of thiazole rings is 1. The highest BCUT2D eigenvalue weighted by Crippen LogP contribution is 2.43. The molecule has 0 radical (unpaired) electrons. The van der Waals surface area contributed by atoms with Crippen LogP contribution in [0, 0.1) is 5.92 Å². The van der Waals surface area contributed by atoms with Crippen LogP contribution >= 0.6 is 23.1 Å². The van der Waals surface area contributed by atoms with Crippen molar-refractivity contribution < 1.29 is 9.84 Å². The molecule has 2 aliphatic rings. The lowest BCUT2D eigenvalue weighted by Crippen LogP contribution is -2.29. The van der Waals surface area contributed by atoms with Crippen molar-refractivity contribution >= 4 is 39.4 Å². The monoisotopic (exact) mass is 354 g/mol. The fourth-order valence-electron chi connectivity index (χ4n) is 2.63. The van der Waals surface area contributed by atoms with E-state index >= 15 is 0 Å². The van der Waals surface area contributed by atoms with Gasteiger partial charge in [-0.2, -0.15) is 4.98 Å². The van der Waals surface area contributed by atoms with Crippen molar-refractivity contribution in [1.29, 1.82) is 0 Å². The number of nitrogens with two attached hydrogens (primary N) is 1. The summed E-state index contributed by atoms with van der Waals surface area (Å²) < 4.78 is 7.48. The number of ether oxygens (including phenoxy) is 1. The summed E-state index contributed by atoms with van der Waals surface area (Å²) in [5, 5.41) is 10.1. The molecule has 1 aliphatic carbocycles. The normalized spacial score (nSPS) is 28.5. The Balaban J connectivity index is 1.75. The van der Waals surface area contributed by atoms with E-state index < -0.39 is 23.3 Å². The number of fused-ring (bicyclic) bond motifs is 1. The van der Waals surface area contributed by atoms with E-state index in [2.05, 4.69) is 9.97 Å². The zero-order valence-electron chi connectivity index (χ0n) is 12.0. The minimum Gasteiger partial charge on any atom is -0.389 e. The fourth-order valence-corrected chi connectivity index (χ4v) is 4.74. The van der Waals surface area contributed by atoms with Gasteiger partial charge >= 0.3 is 4.87 Å². The molecule has 1 aliphatic heterocycles. The second kappa shape index (κ2) is 5.20. The quantitative estimate of drug-likeness (QED) is 0.675. The highest BCUT2D eigenvalue weighted by atomic mass is 32.2. The van der Waals surface area contributed by atoms with Crippen LogP contribution in [0.3, 0.4) is 0 Å². The lowest BCUT2D eigenvalue weighted by atomic mass is 10.2. The first kappa shape index (κ1) is 14.9. The molecule has 23 heavy (non-hydrogen) atoms. The van der Waals surface area contributed by atoms with E-state index in [-0.39, 0.29) is 32.3 Å². The van der Waals surface area contributed by atoms with Crippen LogP contribution in [-0.2, 0) is 4.74 Å². The van der Waals surface area contributed by atoms with Crippen molar-refractivity contribution in [2.75, 3.05) is 5.73 Å². The van der Waals surface area contributed by atoms with Crippen molar-refractivity contribution in [3.63, 3.8) is 0 Å². The molecule has 0 saturated carbocycles. The number of nitrogens with one attached hydrogen (secondary N) is 1. The first-order valence-corrected chi connectivity index (χ1v) is 8.80. The number of anilines is 1. The maximum atomic E-state index is 12.3. The highest BCUT2D eigenvalue weighted by Gasteiger charge is 2.42. The summed E-state index contributed by atoms with van der Waals surface area (Å²) in [6.07, 6.45) is 2.56. The third kappa shape index (κ3) is 2.42. The number of nitrogens with zero attached hydrogens (tertiary/aromatic N) is 2. The maximum Gasteiger partial charge on any atom is 0.311 e. The number of aliphatic hydroxyl groups is 1. The van der Waals surface area contributed by atoms with Gasteiger partial charge in [0.1, 0.15) is 10.1 Å². The van der Waals surface area contributed by atoms with Gasteiger partial charge in [0.15, 0.2) is 11.9 Å². The predicted molar refractivity (Wildman–Crippen MR) is 88.5 cm³/mol. The number of nitrogen functional groups attached to an aromatic ring is 1. The number of hydrogen-bond donors (Lipinski definition) is 3. The first-order valence-electron chi connectivity index (χ1n) is 7.04. The van der Waals surface area contributed by atoms with Crippen LogP contribution in [0.1, 0.15) is 13.2 Å². The summed E-state index contributed by atoms with van der Waals surface area (Å²) in [6, 6.07) is 0. The molecule has 3 heterocycles. The van der Waals surface area contributed by atoms with Crippen molar-refractivity contribution in [2.24, 2.45) is 5.92 Å². The van der Waals surface area contributed by atoms with E-state index in [0.717, 1.165) is 11.3 Å². The molecule has 2 aromatic rings. The van der Waals surface area contributed by atoms with Crippen LogP contribution in [-0.4, -0.2) is 36.4 Å². The molecule has 4 N–H and O–H groups in total. The van der Waals surface area contributed by atoms with Crippen LogP contribution in [0.2, 0.25) is 0 Å². The van der Waals surface area contributed by atoms with Gasteiger partial charge in [-0.25, -0.2) is 0 Å². The van der Waals surface area contributed by atoms with Crippen LogP contribution in [0.5, 0.6) is 0 Å². The molecule has 4 rings (SSSR count). The SMILES string of the molecule is C[C@@H]1S[C@@H](C(O)C2C=C2)OC1n1c(=O)sc2c(=O)[nH]c(N)nc21. The summed E-state index contributed by atoms with van der Waals surface area (Å²) in [6.45, 7) is 1.91. The maximum absolute atomic E-state index is 12.3. The van der Waals surface area contributed by atoms with Crippen LogP contribution in [0.4, 0.5) is 5.95 Å². The van der Waals surface area contributed by atoms with Crippen LogP contribution in [0.15, 0.2) is 21.7 Å². The molecule has 122 valence electrons. The average Bonchev–Trinajstić information content (AvgIpc) is 3.19. The number of aromatic amines is 1. The van der Waals surface area contributed by atoms with Gasteiger partial charge in [0.25, 0.3) is 5.56 Å². The molecule has 4 atom stereocenters. The van der Waals surface area contributed by atoms with Gasteiger partial charge in [-0.05, 0) is 6.92 Å². The second-order valence-corrected chi connectivity index (χ2v) is 7.97. The van der Waals surface area contributed by atoms with E-state index in [1.54, 1.807) is 0 Å². The largest absolute Gasteiger partial charge is 0.389 e. The third-order valence-electron chi connectivity index (χ3n) is 3.86. The van der Waals surface area contributed by atoms with Gasteiger partial charge in [0, 0.05) is 5.92 Å². The van der Waals surface area contributed by atoms with E-state index in [0.29, 0.717) is 0 Å². The Hall–Kier alpha value is -1.62. The number of rotatable bonds is 3. The van der Waals surface area contributed by atoms with Crippen molar-refractivity contribution in [3.8, 4) is 0 Å². The van der Waals surface area contributed by atoms with Gasteiger partial charge < -0.3 is 15.6 Å². The molecule has 10 heteroatoms. The van der Waals surface area contributed by atoms with Gasteiger partial charge in [-0.15, -0.1) is 11.8 Å². The van der Waals surface area contributed by atoms with E-state index in [1.165, 1.54) is 16.3 Å². The molecular weight excluding hydrogens is 340 g/mol. The predicted octanol–water partition coefficient (Wildman–Crippen LogP) is 0.252. The number of aromatic nitrogens is 3. The van der Waals surface area contributed by atoms with Gasteiger partial charge in [-0.3, -0.25) is 19.1 Å². The van der Waals surface area contributed by atoms with Crippen molar-refractivity contribution in [3.05, 3.63) is 32.2 Å². The number of thioether (sulfide) groups is 1. The van der Waals surface area contributed by atoms with E-state index in [9.17, 15) is 14.7 Å². The smallest absolute Gasteiger partial charge is 0.311 e. The fraction of sp³-hybridized carbons (Fsp3) is 0.462. The summed E-state index contributed by atoms with van der Waals surface area (Å²) in [7, 11) is 0. The molecule has 1 fully saturated rings. The van der Waals surface area contributed by atoms with Gasteiger partial charge in [0.05, 0.1) is 11.4 Å². The van der Waals surface area contributed by atoms with Crippen LogP contribution in [0.25, 0.3) is 10.3 Å². The van der Waals surface area contributed by atoms with Crippen molar-refractivity contribution in [1.82, 2.24) is 14.5 Å². The highest BCUT2D eigenvalue weighted by molar-refractivity contribution is 8.00. The Bertz CT molecular complexity index is 911. The number of H-pyrrole nitrogens is 1. The second-order valence-electron chi connectivity index (χ2n) is 5.53. The zero-order chi connectivity index (χ0) is 16.3. The topological polar surface area (TPSA) is 123 Å². The lowest BCUT2D eigenvalue weighted by molar-refractivity contribution is -0.0487. The Morgan fingerprint density at radius 3 is 2.91 bits per heavy atom. The Labute approximate surface area is 138 Å². The molecule has 2 aromatic heterocycles. The standard InChI is InChI=1S/C13H14N4O4S2/c1-4-10(21-11(22-4)6(18)5-2-3-5)17-8-7(23-13(17)20)9(19)16-12(14)15-8/h2-6,10-11,18H,1H3,(H3,14,15,16,19)/t4-,6?,10?,11-/m0/s1. The minimum absolute atomic E-state index is 0.0333. The summed E-state index contributed by atoms with van der Waals surface area (Å²) >= 11 is 2.27. The van der Waals surface area contributed by atoms with Gasteiger partial charge in [0.2, 0.25) is 5.95 Å². The third-order valence-corrected chi connectivity index (χ3v) is 6.12.